The molecule has 0 unspecified atom stereocenters. The van der Waals surface area contributed by atoms with Gasteiger partial charge in [0.25, 0.3) is 0 Å². The third-order valence-electron chi connectivity index (χ3n) is 0. The zero-order chi connectivity index (χ0) is 2.00. The maximum atomic E-state index is 8.17. The first-order valence-corrected chi connectivity index (χ1v) is 0.707. The van der Waals surface area contributed by atoms with E-state index in [1.54, 1.807) is 0 Å². The van der Waals surface area contributed by atoms with Gasteiger partial charge in [0.2, 0.25) is 0 Å². The predicted octanol–water partition coefficient (Wildman–Crippen LogP) is -0.883. The Bertz CT molecular complexity index is 8.00. The summed E-state index contributed by atoms with van der Waals surface area (Å²) in [5.74, 6) is 0. The number of hydrogen-bond acceptors (Lipinski definition) is 1. The van der Waals surface area contributed by atoms with Crippen molar-refractivity contribution in [1.29, 1.82) is 0 Å². The van der Waals surface area contributed by atoms with Gasteiger partial charge >= 0.3 is 20.0 Å². The summed E-state index contributed by atoms with van der Waals surface area (Å²) in [7, 11) is 0. The van der Waals surface area contributed by atoms with Crippen LogP contribution in [0.25, 0.3) is 0 Å². The molecule has 0 aromatic carbocycles. The molecule has 0 saturated carbocycles. The van der Waals surface area contributed by atoms with Crippen molar-refractivity contribution in [1.82, 2.24) is 0 Å². The van der Waals surface area contributed by atoms with E-state index in [1.807, 2.05) is 0 Å². The molecule has 0 N–H and O–H groups in total. The van der Waals surface area contributed by atoms with E-state index in [1.165, 1.54) is 16.2 Å². The second kappa shape index (κ2) is 41.0. The number of rotatable bonds is 0. The summed E-state index contributed by atoms with van der Waals surface area (Å²) in [5, 5.41) is 0. The van der Waals surface area contributed by atoms with Gasteiger partial charge in [0.05, 0.1) is 0 Å². The van der Waals surface area contributed by atoms with Crippen LogP contribution >= 0.6 is 0 Å². The molecule has 0 aliphatic rings. The van der Waals surface area contributed by atoms with Crippen molar-refractivity contribution in [3.05, 3.63) is 0 Å². The van der Waals surface area contributed by atoms with Crippen molar-refractivity contribution in [3.8, 4) is 0 Å². The average Bonchev–Trinajstić information content (AvgIpc) is 1.00. The van der Waals surface area contributed by atoms with E-state index in [2.05, 4.69) is 0 Å². The van der Waals surface area contributed by atoms with Crippen molar-refractivity contribution in [2.75, 3.05) is 0 Å². The molecule has 0 heterocycles. The fourth-order valence-electron chi connectivity index (χ4n) is 0. The first kappa shape index (κ1) is 20.7. The SMILES string of the molecule is [B].[Ni].[O]=[Al]. The van der Waals surface area contributed by atoms with Crippen molar-refractivity contribution in [2.45, 2.75) is 0 Å². The van der Waals surface area contributed by atoms with Gasteiger partial charge in [-0.2, -0.15) is 0 Å². The van der Waals surface area contributed by atoms with Crippen LogP contribution in [0.3, 0.4) is 0 Å². The first-order chi connectivity index (χ1) is 1.00. The molecule has 4 heteroatoms. The van der Waals surface area contributed by atoms with E-state index in [-0.39, 0.29) is 24.9 Å². The van der Waals surface area contributed by atoms with E-state index in [9.17, 15) is 0 Å². The van der Waals surface area contributed by atoms with Gasteiger partial charge in [0.1, 0.15) is 0 Å². The Hall–Kier alpha value is 0.891. The van der Waals surface area contributed by atoms with Gasteiger partial charge in [-0.05, 0) is 0 Å². The average molecular weight is 112 g/mol. The number of hydrogen-bond donors (Lipinski definition) is 0. The van der Waals surface area contributed by atoms with Gasteiger partial charge < -0.3 is 0 Å². The summed E-state index contributed by atoms with van der Waals surface area (Å²) >= 11 is 1.17. The van der Waals surface area contributed by atoms with Gasteiger partial charge in [0.15, 0.2) is 0 Å². The van der Waals surface area contributed by atoms with E-state index in [0.29, 0.717) is 0 Å². The molecule has 0 aromatic rings. The van der Waals surface area contributed by atoms with Crippen molar-refractivity contribution in [2.24, 2.45) is 0 Å². The molecule has 22 valence electrons. The standard InChI is InChI=1S/Al.B.Ni.O. The summed E-state index contributed by atoms with van der Waals surface area (Å²) in [6, 6.07) is 0. The van der Waals surface area contributed by atoms with Gasteiger partial charge in [-0.1, -0.05) is 0 Å². The molecule has 0 amide bonds. The molecular formula is AlBNiO. The molecule has 0 rings (SSSR count). The Labute approximate surface area is 45.3 Å². The summed E-state index contributed by atoms with van der Waals surface area (Å²) in [5.41, 5.74) is 0. The predicted molar refractivity (Wildman–Crippen MR) is 12.2 cm³/mol. The fraction of sp³-hybridized carbons (Fsp3) is 0. The first-order valence-electron chi connectivity index (χ1n) is 0.236. The van der Waals surface area contributed by atoms with Crippen molar-refractivity contribution >= 4 is 24.6 Å². The summed E-state index contributed by atoms with van der Waals surface area (Å²) < 4.78 is 8.17. The molecule has 0 bridgehead atoms. The Balaban J connectivity index is -0.00000000500. The van der Waals surface area contributed by atoms with E-state index in [4.69, 9.17) is 3.80 Å². The molecule has 0 aliphatic carbocycles. The quantitative estimate of drug-likeness (QED) is 0.372. The Kier molecular flexibility index (Phi) is 212. The van der Waals surface area contributed by atoms with Gasteiger partial charge in [0, 0.05) is 24.9 Å². The molecule has 4 radical (unpaired) electrons. The van der Waals surface area contributed by atoms with E-state index >= 15 is 0 Å². The molecule has 0 aliphatic heterocycles. The summed E-state index contributed by atoms with van der Waals surface area (Å²) in [4.78, 5) is 0. The van der Waals surface area contributed by atoms with Crippen LogP contribution in [0.5, 0.6) is 0 Å². The van der Waals surface area contributed by atoms with Gasteiger partial charge in [-0.15, -0.1) is 0 Å². The zero-order valence-corrected chi connectivity index (χ0v) is 4.02. The topological polar surface area (TPSA) is 17.1 Å². The van der Waals surface area contributed by atoms with Crippen LogP contribution in [0.2, 0.25) is 0 Å². The minimum absolute atomic E-state index is 0. The molecule has 0 saturated heterocycles. The molecular weight excluding hydrogens is 112 g/mol. The Morgan fingerprint density at radius 2 is 1.25 bits per heavy atom. The van der Waals surface area contributed by atoms with Crippen LogP contribution in [-0.4, -0.2) is 24.6 Å². The normalized spacial score (nSPS) is 0.750. The second-order valence-corrected chi connectivity index (χ2v) is 0. The molecule has 0 fully saturated rings. The molecule has 4 heavy (non-hydrogen) atoms. The van der Waals surface area contributed by atoms with Crippen LogP contribution in [-0.2, 0) is 20.3 Å². The molecule has 0 atom stereocenters. The van der Waals surface area contributed by atoms with Crippen molar-refractivity contribution in [3.63, 3.8) is 0 Å². The van der Waals surface area contributed by atoms with Crippen LogP contribution in [0.15, 0.2) is 0 Å². The van der Waals surface area contributed by atoms with Gasteiger partial charge in [-0.3, -0.25) is 0 Å². The van der Waals surface area contributed by atoms with Crippen LogP contribution in [0.1, 0.15) is 0 Å². The maximum absolute atomic E-state index is 8.17. The minimum atomic E-state index is 0. The monoisotopic (exact) mass is 112 g/mol. The summed E-state index contributed by atoms with van der Waals surface area (Å²) in [6.07, 6.45) is 0. The Morgan fingerprint density at radius 1 is 1.25 bits per heavy atom. The van der Waals surface area contributed by atoms with Gasteiger partial charge in [-0.25, -0.2) is 0 Å². The summed E-state index contributed by atoms with van der Waals surface area (Å²) in [6.45, 7) is 0. The van der Waals surface area contributed by atoms with Crippen LogP contribution < -0.4 is 0 Å². The van der Waals surface area contributed by atoms with E-state index < -0.39 is 0 Å². The van der Waals surface area contributed by atoms with E-state index in [0.717, 1.165) is 0 Å². The third-order valence-corrected chi connectivity index (χ3v) is 0. The fourth-order valence-corrected chi connectivity index (χ4v) is 0. The molecule has 0 spiro atoms. The Morgan fingerprint density at radius 3 is 1.25 bits per heavy atom. The molecule has 0 aromatic heterocycles. The van der Waals surface area contributed by atoms with Crippen LogP contribution in [0.4, 0.5) is 0 Å². The van der Waals surface area contributed by atoms with Crippen molar-refractivity contribution < 1.29 is 20.3 Å². The second-order valence-electron chi connectivity index (χ2n) is 0. The molecule has 1 nitrogen and oxygen atoms in total. The van der Waals surface area contributed by atoms with Crippen LogP contribution in [0, 0.1) is 0 Å². The zero-order valence-electron chi connectivity index (χ0n) is 1.88. The third kappa shape index (κ3) is 13.0.